The molecule has 0 atom stereocenters. The van der Waals surface area contributed by atoms with Gasteiger partial charge in [-0.05, 0) is 66.6 Å². The molecule has 5 aromatic rings. The van der Waals surface area contributed by atoms with Crippen molar-refractivity contribution in [3.63, 3.8) is 0 Å². The largest absolute Gasteiger partial charge is 0.489 e. The first kappa shape index (κ1) is 20.5. The zero-order valence-corrected chi connectivity index (χ0v) is 18.1. The van der Waals surface area contributed by atoms with E-state index in [-0.39, 0.29) is 5.91 Å². The standard InChI is InChI=1S/C28H22N2O3/c1-19-11-12-22(28-30-24-9-5-6-10-26(24)33-28)17-25(19)29-27(31)21-13-15-23(16-14-21)32-18-20-7-3-2-4-8-20/h2-17H,18H2,1H3,(H,29,31). The van der Waals surface area contributed by atoms with Crippen molar-refractivity contribution in [2.24, 2.45) is 0 Å². The number of amides is 1. The van der Waals surface area contributed by atoms with Crippen LogP contribution in [0.25, 0.3) is 22.6 Å². The Morgan fingerprint density at radius 1 is 0.909 bits per heavy atom. The molecular formula is C28H22N2O3. The van der Waals surface area contributed by atoms with Crippen LogP contribution in [0.5, 0.6) is 5.75 Å². The van der Waals surface area contributed by atoms with Crippen LogP contribution in [0.4, 0.5) is 5.69 Å². The number of aromatic nitrogens is 1. The lowest BCUT2D eigenvalue weighted by molar-refractivity contribution is 0.102. The Balaban J connectivity index is 1.29. The predicted molar refractivity (Wildman–Crippen MR) is 129 cm³/mol. The number of fused-ring (bicyclic) bond motifs is 1. The van der Waals surface area contributed by atoms with Crippen LogP contribution in [-0.4, -0.2) is 10.9 Å². The Labute approximate surface area is 191 Å². The number of aryl methyl sites for hydroxylation is 1. The molecule has 1 heterocycles. The molecule has 1 amide bonds. The summed E-state index contributed by atoms with van der Waals surface area (Å²) in [5.41, 5.74) is 5.63. The molecular weight excluding hydrogens is 412 g/mol. The average molecular weight is 434 g/mol. The van der Waals surface area contributed by atoms with Gasteiger partial charge >= 0.3 is 0 Å². The van der Waals surface area contributed by atoms with Gasteiger partial charge in [-0.15, -0.1) is 0 Å². The number of benzene rings is 4. The van der Waals surface area contributed by atoms with Crippen molar-refractivity contribution in [1.29, 1.82) is 0 Å². The minimum Gasteiger partial charge on any atom is -0.489 e. The van der Waals surface area contributed by atoms with Gasteiger partial charge in [0.15, 0.2) is 5.58 Å². The van der Waals surface area contributed by atoms with Crippen LogP contribution in [-0.2, 0) is 6.61 Å². The number of para-hydroxylation sites is 2. The number of nitrogens with zero attached hydrogens (tertiary/aromatic N) is 1. The van der Waals surface area contributed by atoms with E-state index in [2.05, 4.69) is 10.3 Å². The highest BCUT2D eigenvalue weighted by Crippen LogP contribution is 2.28. The Hall–Kier alpha value is -4.38. The molecule has 4 aromatic carbocycles. The Morgan fingerprint density at radius 2 is 1.67 bits per heavy atom. The zero-order chi connectivity index (χ0) is 22.6. The van der Waals surface area contributed by atoms with Crippen LogP contribution in [0.1, 0.15) is 21.5 Å². The van der Waals surface area contributed by atoms with E-state index in [4.69, 9.17) is 9.15 Å². The van der Waals surface area contributed by atoms with Gasteiger partial charge in [0.05, 0.1) is 0 Å². The van der Waals surface area contributed by atoms with Crippen LogP contribution in [0.2, 0.25) is 0 Å². The van der Waals surface area contributed by atoms with Crippen LogP contribution in [0, 0.1) is 6.92 Å². The third-order valence-corrected chi connectivity index (χ3v) is 5.39. The van der Waals surface area contributed by atoms with Gasteiger partial charge in [-0.2, -0.15) is 0 Å². The van der Waals surface area contributed by atoms with Crippen molar-refractivity contribution in [3.05, 3.63) is 114 Å². The minimum atomic E-state index is -0.192. The van der Waals surface area contributed by atoms with Gasteiger partial charge in [-0.3, -0.25) is 4.79 Å². The number of oxazole rings is 1. The van der Waals surface area contributed by atoms with E-state index < -0.39 is 0 Å². The molecule has 0 spiro atoms. The van der Waals surface area contributed by atoms with E-state index in [0.29, 0.717) is 29.5 Å². The fraction of sp³-hybridized carbons (Fsp3) is 0.0714. The number of carbonyl (C=O) groups excluding carboxylic acids is 1. The molecule has 0 saturated carbocycles. The lowest BCUT2D eigenvalue weighted by atomic mass is 10.1. The Kier molecular flexibility index (Phi) is 5.60. The summed E-state index contributed by atoms with van der Waals surface area (Å²) in [5, 5.41) is 3.00. The van der Waals surface area contributed by atoms with E-state index in [1.165, 1.54) is 0 Å². The van der Waals surface area contributed by atoms with Crippen LogP contribution >= 0.6 is 0 Å². The number of hydrogen-bond acceptors (Lipinski definition) is 4. The van der Waals surface area contributed by atoms with Crippen LogP contribution in [0.3, 0.4) is 0 Å². The number of nitrogens with one attached hydrogen (secondary N) is 1. The fourth-order valence-corrected chi connectivity index (χ4v) is 3.52. The van der Waals surface area contributed by atoms with E-state index in [9.17, 15) is 4.79 Å². The summed E-state index contributed by atoms with van der Waals surface area (Å²) in [6, 6.07) is 30.5. The SMILES string of the molecule is Cc1ccc(-c2nc3ccccc3o2)cc1NC(=O)c1ccc(OCc2ccccc2)cc1. The average Bonchev–Trinajstić information content (AvgIpc) is 3.29. The molecule has 0 bridgehead atoms. The highest BCUT2D eigenvalue weighted by atomic mass is 16.5. The fourth-order valence-electron chi connectivity index (χ4n) is 3.52. The van der Waals surface area contributed by atoms with E-state index in [1.54, 1.807) is 24.3 Å². The third kappa shape index (κ3) is 4.62. The van der Waals surface area contributed by atoms with E-state index in [1.807, 2.05) is 79.7 Å². The number of rotatable bonds is 6. The summed E-state index contributed by atoms with van der Waals surface area (Å²) in [7, 11) is 0. The molecule has 0 aliphatic carbocycles. The first-order valence-corrected chi connectivity index (χ1v) is 10.7. The van der Waals surface area contributed by atoms with Crippen molar-refractivity contribution >= 4 is 22.7 Å². The third-order valence-electron chi connectivity index (χ3n) is 5.39. The molecule has 0 aliphatic rings. The molecule has 0 aliphatic heterocycles. The maximum Gasteiger partial charge on any atom is 0.255 e. The van der Waals surface area contributed by atoms with Gasteiger partial charge in [0.1, 0.15) is 17.9 Å². The minimum absolute atomic E-state index is 0.192. The highest BCUT2D eigenvalue weighted by Gasteiger charge is 2.12. The molecule has 0 fully saturated rings. The summed E-state index contributed by atoms with van der Waals surface area (Å²) >= 11 is 0. The van der Waals surface area contributed by atoms with Gasteiger partial charge in [-0.25, -0.2) is 4.98 Å². The first-order chi connectivity index (χ1) is 16.2. The molecule has 5 heteroatoms. The normalized spacial score (nSPS) is 10.8. The van der Waals surface area contributed by atoms with E-state index in [0.717, 1.165) is 27.8 Å². The second kappa shape index (κ2) is 9.01. The van der Waals surface area contributed by atoms with Crippen LogP contribution in [0.15, 0.2) is 101 Å². The predicted octanol–water partition coefficient (Wildman–Crippen LogP) is 6.63. The number of anilines is 1. The van der Waals surface area contributed by atoms with Crippen molar-refractivity contribution < 1.29 is 13.9 Å². The van der Waals surface area contributed by atoms with E-state index >= 15 is 0 Å². The first-order valence-electron chi connectivity index (χ1n) is 10.7. The van der Waals surface area contributed by atoms with Gasteiger partial charge in [-0.1, -0.05) is 48.5 Å². The monoisotopic (exact) mass is 434 g/mol. The van der Waals surface area contributed by atoms with Crippen molar-refractivity contribution in [2.45, 2.75) is 13.5 Å². The van der Waals surface area contributed by atoms with Gasteiger partial charge in [0, 0.05) is 16.8 Å². The van der Waals surface area contributed by atoms with Crippen molar-refractivity contribution in [2.75, 3.05) is 5.32 Å². The van der Waals surface area contributed by atoms with Crippen molar-refractivity contribution in [1.82, 2.24) is 4.98 Å². The Morgan fingerprint density at radius 3 is 2.45 bits per heavy atom. The smallest absolute Gasteiger partial charge is 0.255 e. The van der Waals surface area contributed by atoms with Crippen LogP contribution < -0.4 is 10.1 Å². The number of hydrogen-bond donors (Lipinski definition) is 1. The summed E-state index contributed by atoms with van der Waals surface area (Å²) in [6.07, 6.45) is 0. The van der Waals surface area contributed by atoms with Gasteiger partial charge in [0.25, 0.3) is 5.91 Å². The molecule has 5 rings (SSSR count). The quantitative estimate of drug-likeness (QED) is 0.326. The Bertz CT molecular complexity index is 1370. The lowest BCUT2D eigenvalue weighted by Gasteiger charge is -2.11. The maximum absolute atomic E-state index is 12.9. The molecule has 0 saturated heterocycles. The zero-order valence-electron chi connectivity index (χ0n) is 18.1. The topological polar surface area (TPSA) is 64.4 Å². The molecule has 162 valence electrons. The molecule has 0 radical (unpaired) electrons. The molecule has 0 unspecified atom stereocenters. The van der Waals surface area contributed by atoms with Crippen molar-refractivity contribution in [3.8, 4) is 17.2 Å². The number of carbonyl (C=O) groups is 1. The van der Waals surface area contributed by atoms with Gasteiger partial charge in [0.2, 0.25) is 5.89 Å². The second-order valence-corrected chi connectivity index (χ2v) is 7.77. The van der Waals surface area contributed by atoms with Gasteiger partial charge < -0.3 is 14.5 Å². The molecule has 5 nitrogen and oxygen atoms in total. The summed E-state index contributed by atoms with van der Waals surface area (Å²) in [5.74, 6) is 1.04. The summed E-state index contributed by atoms with van der Waals surface area (Å²) in [4.78, 5) is 17.4. The molecule has 33 heavy (non-hydrogen) atoms. The number of ether oxygens (including phenoxy) is 1. The lowest BCUT2D eigenvalue weighted by Crippen LogP contribution is -2.12. The summed E-state index contributed by atoms with van der Waals surface area (Å²) < 4.78 is 11.7. The maximum atomic E-state index is 12.9. The second-order valence-electron chi connectivity index (χ2n) is 7.77. The summed E-state index contributed by atoms with van der Waals surface area (Å²) in [6.45, 7) is 2.43. The molecule has 1 aromatic heterocycles. The molecule has 1 N–H and O–H groups in total. The highest BCUT2D eigenvalue weighted by molar-refractivity contribution is 6.05.